The van der Waals surface area contributed by atoms with E-state index in [1.165, 1.54) is 12.3 Å². The first-order chi connectivity index (χ1) is 12.4. The van der Waals surface area contributed by atoms with Gasteiger partial charge in [-0.1, -0.05) is 18.2 Å². The van der Waals surface area contributed by atoms with Crippen LogP contribution in [0.3, 0.4) is 0 Å². The fourth-order valence-corrected chi connectivity index (χ4v) is 4.57. The van der Waals surface area contributed by atoms with Crippen LogP contribution in [0, 0.1) is 5.82 Å². The lowest BCUT2D eigenvalue weighted by molar-refractivity contribution is 0.0953. The third kappa shape index (κ3) is 4.78. The number of carbonyl (C=O) groups excluding carboxylic acids is 1. The summed E-state index contributed by atoms with van der Waals surface area (Å²) in [6.45, 7) is 0.304. The molecule has 0 saturated carbocycles. The molecule has 1 aliphatic heterocycles. The smallest absolute Gasteiger partial charge is 0.252 e. The number of hydrogen-bond acceptors (Lipinski definition) is 5. The van der Waals surface area contributed by atoms with Crippen LogP contribution in [0.5, 0.6) is 0 Å². The summed E-state index contributed by atoms with van der Waals surface area (Å²) in [5.74, 6) is -0.335. The van der Waals surface area contributed by atoms with Gasteiger partial charge < -0.3 is 10.6 Å². The van der Waals surface area contributed by atoms with Crippen LogP contribution in [-0.4, -0.2) is 43.4 Å². The van der Waals surface area contributed by atoms with Crippen LogP contribution in [0.25, 0.3) is 0 Å². The van der Waals surface area contributed by atoms with Crippen molar-refractivity contribution in [2.24, 2.45) is 0 Å². The number of rotatable bonds is 6. The third-order valence-corrected chi connectivity index (χ3v) is 6.01. The molecule has 0 aliphatic carbocycles. The number of pyridine rings is 1. The van der Waals surface area contributed by atoms with Gasteiger partial charge in [0.05, 0.1) is 22.8 Å². The summed E-state index contributed by atoms with van der Waals surface area (Å²) in [5, 5.41) is 5.85. The molecule has 26 heavy (non-hydrogen) atoms. The predicted octanol–water partition coefficient (Wildman–Crippen LogP) is 1.79. The van der Waals surface area contributed by atoms with Gasteiger partial charge in [-0.2, -0.15) is 0 Å². The van der Waals surface area contributed by atoms with Gasteiger partial charge in [0.25, 0.3) is 5.91 Å². The average molecular weight is 377 g/mol. The molecule has 0 spiro atoms. The Bertz CT molecular complexity index is 902. The molecular weight excluding hydrogens is 357 g/mol. The van der Waals surface area contributed by atoms with Crippen LogP contribution in [0.1, 0.15) is 22.3 Å². The summed E-state index contributed by atoms with van der Waals surface area (Å²) in [6.07, 6.45) is 3.93. The topological polar surface area (TPSA) is 88.2 Å². The highest BCUT2D eigenvalue weighted by molar-refractivity contribution is 7.91. The van der Waals surface area contributed by atoms with Crippen LogP contribution in [0.2, 0.25) is 0 Å². The molecule has 1 atom stereocenters. The molecule has 6 nitrogen and oxygen atoms in total. The molecule has 1 aromatic carbocycles. The van der Waals surface area contributed by atoms with E-state index in [0.29, 0.717) is 36.2 Å². The van der Waals surface area contributed by atoms with Gasteiger partial charge in [-0.05, 0) is 30.5 Å². The van der Waals surface area contributed by atoms with Gasteiger partial charge in [0.2, 0.25) is 0 Å². The Morgan fingerprint density at radius 1 is 1.27 bits per heavy atom. The molecule has 2 heterocycles. The molecule has 8 heteroatoms. The molecule has 2 N–H and O–H groups in total. The van der Waals surface area contributed by atoms with Crippen molar-refractivity contribution in [2.45, 2.75) is 18.9 Å². The molecule has 3 rings (SSSR count). The highest BCUT2D eigenvalue weighted by Crippen LogP contribution is 2.17. The number of benzene rings is 1. The standard InChI is InChI=1S/C18H20FN3O3S/c19-17-4-2-1-3-13(17)5-7-21-18(23)14-9-16(11-20-10-14)22-15-6-8-26(24,25)12-15/h1-4,9-11,15,22H,5-8,12H2,(H,21,23). The molecule has 1 aromatic heterocycles. The zero-order valence-corrected chi connectivity index (χ0v) is 14.9. The van der Waals surface area contributed by atoms with E-state index in [4.69, 9.17) is 0 Å². The second-order valence-electron chi connectivity index (χ2n) is 6.30. The number of sulfone groups is 1. The Morgan fingerprint density at radius 2 is 2.08 bits per heavy atom. The van der Waals surface area contributed by atoms with Crippen LogP contribution in [-0.2, 0) is 16.3 Å². The fraction of sp³-hybridized carbons (Fsp3) is 0.333. The molecule has 0 radical (unpaired) electrons. The minimum atomic E-state index is -2.98. The van der Waals surface area contributed by atoms with E-state index in [9.17, 15) is 17.6 Å². The summed E-state index contributed by atoms with van der Waals surface area (Å²) in [5.41, 5.74) is 1.52. The Labute approximate surface area is 151 Å². The summed E-state index contributed by atoms with van der Waals surface area (Å²) in [7, 11) is -2.98. The normalized spacial score (nSPS) is 18.4. The van der Waals surface area contributed by atoms with Crippen LogP contribution >= 0.6 is 0 Å². The quantitative estimate of drug-likeness (QED) is 0.801. The molecule has 1 fully saturated rings. The summed E-state index contributed by atoms with van der Waals surface area (Å²) in [4.78, 5) is 16.3. The van der Waals surface area contributed by atoms with E-state index >= 15 is 0 Å². The molecule has 2 aromatic rings. The van der Waals surface area contributed by atoms with Crippen LogP contribution in [0.4, 0.5) is 10.1 Å². The van der Waals surface area contributed by atoms with E-state index < -0.39 is 9.84 Å². The van der Waals surface area contributed by atoms with Crippen molar-refractivity contribution in [3.05, 3.63) is 59.7 Å². The first-order valence-electron chi connectivity index (χ1n) is 8.36. The minimum Gasteiger partial charge on any atom is -0.380 e. The van der Waals surface area contributed by atoms with Crippen molar-refractivity contribution >= 4 is 21.4 Å². The van der Waals surface area contributed by atoms with Crippen molar-refractivity contribution in [1.82, 2.24) is 10.3 Å². The van der Waals surface area contributed by atoms with E-state index in [1.807, 2.05) is 0 Å². The van der Waals surface area contributed by atoms with Crippen LogP contribution < -0.4 is 10.6 Å². The monoisotopic (exact) mass is 377 g/mol. The van der Waals surface area contributed by atoms with Crippen molar-refractivity contribution in [1.29, 1.82) is 0 Å². The van der Waals surface area contributed by atoms with Crippen LogP contribution in [0.15, 0.2) is 42.7 Å². The second-order valence-corrected chi connectivity index (χ2v) is 8.53. The summed E-state index contributed by atoms with van der Waals surface area (Å²) < 4.78 is 36.6. The molecule has 1 aliphatic rings. The van der Waals surface area contributed by atoms with E-state index in [1.54, 1.807) is 30.5 Å². The van der Waals surface area contributed by atoms with Gasteiger partial charge in [-0.25, -0.2) is 12.8 Å². The predicted molar refractivity (Wildman–Crippen MR) is 97.4 cm³/mol. The van der Waals surface area contributed by atoms with Crippen molar-refractivity contribution < 1.29 is 17.6 Å². The lowest BCUT2D eigenvalue weighted by atomic mass is 10.1. The largest absolute Gasteiger partial charge is 0.380 e. The van der Waals surface area contributed by atoms with E-state index in [2.05, 4.69) is 15.6 Å². The Balaban J connectivity index is 1.55. The summed E-state index contributed by atoms with van der Waals surface area (Å²) >= 11 is 0. The molecule has 1 amide bonds. The molecule has 1 unspecified atom stereocenters. The highest BCUT2D eigenvalue weighted by atomic mass is 32.2. The number of halogens is 1. The van der Waals surface area contributed by atoms with Crippen molar-refractivity contribution in [3.8, 4) is 0 Å². The van der Waals surface area contributed by atoms with Crippen molar-refractivity contribution in [2.75, 3.05) is 23.4 Å². The Kier molecular flexibility index (Phi) is 5.51. The first-order valence-corrected chi connectivity index (χ1v) is 10.2. The maximum atomic E-state index is 13.6. The third-order valence-electron chi connectivity index (χ3n) is 4.24. The maximum absolute atomic E-state index is 13.6. The first kappa shape index (κ1) is 18.3. The minimum absolute atomic E-state index is 0.0893. The SMILES string of the molecule is O=C(NCCc1ccccc1F)c1cncc(NC2CCS(=O)(=O)C2)c1. The summed E-state index contributed by atoms with van der Waals surface area (Å²) in [6, 6.07) is 7.92. The number of carbonyl (C=O) groups is 1. The van der Waals surface area contributed by atoms with Crippen molar-refractivity contribution in [3.63, 3.8) is 0 Å². The second kappa shape index (κ2) is 7.82. The van der Waals surface area contributed by atoms with Gasteiger partial charge >= 0.3 is 0 Å². The fourth-order valence-electron chi connectivity index (χ4n) is 2.90. The number of hydrogen-bond donors (Lipinski definition) is 2. The average Bonchev–Trinajstić information content (AvgIpc) is 2.95. The van der Waals surface area contributed by atoms with Gasteiger partial charge in [0.15, 0.2) is 9.84 Å². The van der Waals surface area contributed by atoms with E-state index in [0.717, 1.165) is 0 Å². The zero-order valence-electron chi connectivity index (χ0n) is 14.1. The van der Waals surface area contributed by atoms with Gasteiger partial charge in [0.1, 0.15) is 5.82 Å². The number of nitrogens with one attached hydrogen (secondary N) is 2. The lowest BCUT2D eigenvalue weighted by Crippen LogP contribution is -2.26. The molecule has 1 saturated heterocycles. The number of aromatic nitrogens is 1. The van der Waals surface area contributed by atoms with Gasteiger partial charge in [-0.15, -0.1) is 0 Å². The number of amides is 1. The van der Waals surface area contributed by atoms with Gasteiger partial charge in [-0.3, -0.25) is 9.78 Å². The number of anilines is 1. The van der Waals surface area contributed by atoms with Gasteiger partial charge in [0, 0.05) is 25.0 Å². The lowest BCUT2D eigenvalue weighted by Gasteiger charge is -2.13. The molecule has 138 valence electrons. The molecule has 0 bridgehead atoms. The highest BCUT2D eigenvalue weighted by Gasteiger charge is 2.27. The Morgan fingerprint density at radius 3 is 2.81 bits per heavy atom. The molecular formula is C18H20FN3O3S. The maximum Gasteiger partial charge on any atom is 0.252 e. The number of nitrogens with zero attached hydrogens (tertiary/aromatic N) is 1. The van der Waals surface area contributed by atoms with E-state index in [-0.39, 0.29) is 29.3 Å². The zero-order chi connectivity index (χ0) is 18.6. The Hall–Kier alpha value is -2.48.